The zero-order chi connectivity index (χ0) is 35.4. The lowest BCUT2D eigenvalue weighted by molar-refractivity contribution is -0.252. The normalized spacial score (nSPS) is 43.7. The molecular weight excluding hydrogens is 612 g/mol. The largest absolute Gasteiger partial charge is 0.469 e. The fourth-order valence-corrected chi connectivity index (χ4v) is 12.7. The van der Waals surface area contributed by atoms with Gasteiger partial charge in [-0.2, -0.15) is 0 Å². The molecule has 5 saturated carbocycles. The molecule has 5 rings (SSSR count). The molecular formula is C38H60N2O8. The summed E-state index contributed by atoms with van der Waals surface area (Å²) in [6.45, 7) is 15.7. The highest BCUT2D eigenvalue weighted by Crippen LogP contribution is 2.77. The number of methoxy groups -OCH3 is 2. The zero-order valence-corrected chi connectivity index (χ0v) is 30.3. The molecule has 0 spiro atoms. The minimum atomic E-state index is -1.21. The summed E-state index contributed by atoms with van der Waals surface area (Å²) in [5.41, 5.74) is 0.0784. The molecule has 5 unspecified atom stereocenters. The summed E-state index contributed by atoms with van der Waals surface area (Å²) in [5, 5.41) is 27.1. The van der Waals surface area contributed by atoms with Crippen LogP contribution in [0.3, 0.4) is 0 Å². The van der Waals surface area contributed by atoms with Gasteiger partial charge in [-0.05, 0) is 117 Å². The first-order valence-corrected chi connectivity index (χ1v) is 18.2. The number of fused-ring (bicyclic) bond motifs is 7. The third-order valence-electron chi connectivity index (χ3n) is 15.5. The van der Waals surface area contributed by atoms with E-state index < -0.39 is 40.8 Å². The van der Waals surface area contributed by atoms with E-state index in [1.54, 1.807) is 0 Å². The van der Waals surface area contributed by atoms with E-state index >= 15 is 0 Å². The Bertz CT molecular complexity index is 1320. The van der Waals surface area contributed by atoms with Crippen LogP contribution in [0.2, 0.25) is 0 Å². The molecule has 0 saturated heterocycles. The van der Waals surface area contributed by atoms with Gasteiger partial charge in [0.1, 0.15) is 6.04 Å². The second kappa shape index (κ2) is 13.0. The van der Waals surface area contributed by atoms with Crippen LogP contribution in [0, 0.1) is 56.7 Å². The molecule has 0 aliphatic heterocycles. The lowest BCUT2D eigenvalue weighted by Crippen LogP contribution is -2.68. The number of esters is 2. The van der Waals surface area contributed by atoms with Gasteiger partial charge in [0, 0.05) is 5.41 Å². The Morgan fingerprint density at radius 1 is 0.875 bits per heavy atom. The summed E-state index contributed by atoms with van der Waals surface area (Å²) in [5.74, 6) is -0.737. The molecule has 0 bridgehead atoms. The first kappa shape index (κ1) is 36.8. The molecule has 48 heavy (non-hydrogen) atoms. The number of nitrogens with one attached hydrogen (secondary N) is 2. The van der Waals surface area contributed by atoms with Crippen LogP contribution < -0.4 is 10.6 Å². The second-order valence-corrected chi connectivity index (χ2v) is 17.2. The van der Waals surface area contributed by atoms with E-state index in [1.165, 1.54) is 14.2 Å². The standard InChI is InChI=1S/C38H60N2O8/c1-22(2)23-11-16-38(33(46)39-20-29(43)40-25(32(45)48-8)19-30(44)47-7)18-17-36(5)24(31(23)38)9-10-27-34(3)14-13-28(42)35(4,21-41)26(34)12-15-37(27,36)6/h23-28,31,41-42H,1,9-21H2,2-8H3,(H,39,46)(H,40,43)/t23-,24?,25?,26?,27?,28-,31?,34-,35-,36+,37+,38-/m0/s1. The highest BCUT2D eigenvalue weighted by atomic mass is 16.5. The molecule has 0 aromatic heterocycles. The van der Waals surface area contributed by atoms with E-state index in [2.05, 4.69) is 56.6 Å². The van der Waals surface area contributed by atoms with Crippen LogP contribution in [-0.4, -0.2) is 73.5 Å². The van der Waals surface area contributed by atoms with E-state index in [1.807, 2.05) is 0 Å². The van der Waals surface area contributed by atoms with Gasteiger partial charge >= 0.3 is 11.9 Å². The summed E-state index contributed by atoms with van der Waals surface area (Å²) >= 11 is 0. The van der Waals surface area contributed by atoms with Crippen molar-refractivity contribution < 1.29 is 38.9 Å². The van der Waals surface area contributed by atoms with Gasteiger partial charge in [0.15, 0.2) is 0 Å². The van der Waals surface area contributed by atoms with Gasteiger partial charge in [0.05, 0.1) is 45.3 Å². The third-order valence-corrected chi connectivity index (χ3v) is 15.5. The van der Waals surface area contributed by atoms with Gasteiger partial charge < -0.3 is 30.3 Å². The molecule has 10 nitrogen and oxygen atoms in total. The Hall–Kier alpha value is -2.46. The second-order valence-electron chi connectivity index (χ2n) is 17.2. The number of ether oxygens (including phenoxy) is 2. The van der Waals surface area contributed by atoms with Crippen molar-refractivity contribution in [3.63, 3.8) is 0 Å². The van der Waals surface area contributed by atoms with Gasteiger partial charge in [-0.3, -0.25) is 14.4 Å². The molecule has 5 fully saturated rings. The fourth-order valence-electron chi connectivity index (χ4n) is 12.7. The third kappa shape index (κ3) is 5.42. The van der Waals surface area contributed by atoms with Gasteiger partial charge in [-0.25, -0.2) is 4.79 Å². The van der Waals surface area contributed by atoms with Crippen molar-refractivity contribution in [2.75, 3.05) is 27.4 Å². The molecule has 2 amide bonds. The molecule has 10 heteroatoms. The maximum atomic E-state index is 14.4. The van der Waals surface area contributed by atoms with Crippen LogP contribution in [-0.2, 0) is 28.7 Å². The van der Waals surface area contributed by atoms with Crippen LogP contribution in [0.25, 0.3) is 0 Å². The summed E-state index contributed by atoms with van der Waals surface area (Å²) in [6, 6.07) is -1.21. The first-order chi connectivity index (χ1) is 22.5. The number of hydrogen-bond donors (Lipinski definition) is 4. The smallest absolute Gasteiger partial charge is 0.328 e. The molecule has 0 radical (unpaired) electrons. The van der Waals surface area contributed by atoms with Crippen molar-refractivity contribution in [3.8, 4) is 0 Å². The molecule has 5 aliphatic carbocycles. The van der Waals surface area contributed by atoms with Crippen molar-refractivity contribution >= 4 is 23.8 Å². The van der Waals surface area contributed by atoms with Gasteiger partial charge in [0.25, 0.3) is 0 Å². The minimum absolute atomic E-state index is 0.00105. The average Bonchev–Trinajstić information content (AvgIpc) is 3.46. The van der Waals surface area contributed by atoms with E-state index in [9.17, 15) is 29.4 Å². The zero-order valence-electron chi connectivity index (χ0n) is 30.3. The van der Waals surface area contributed by atoms with Crippen molar-refractivity contribution in [2.45, 2.75) is 117 Å². The number of rotatable bonds is 9. The maximum Gasteiger partial charge on any atom is 0.328 e. The topological polar surface area (TPSA) is 151 Å². The Labute approximate surface area is 286 Å². The number of allylic oxidation sites excluding steroid dienone is 1. The van der Waals surface area contributed by atoms with Crippen LogP contribution in [0.1, 0.15) is 105 Å². The Morgan fingerprint density at radius 3 is 2.21 bits per heavy atom. The minimum Gasteiger partial charge on any atom is -0.469 e. The summed E-state index contributed by atoms with van der Waals surface area (Å²) in [7, 11) is 2.38. The van der Waals surface area contributed by atoms with Gasteiger partial charge in [-0.1, -0.05) is 39.8 Å². The van der Waals surface area contributed by atoms with E-state index in [0.717, 1.165) is 69.8 Å². The average molecular weight is 673 g/mol. The van der Waals surface area contributed by atoms with Crippen molar-refractivity contribution in [2.24, 2.45) is 56.7 Å². The SMILES string of the molecule is C=C(C)[C@@H]1CC[C@]2(C(=O)NCC(=O)NC(CC(=O)OC)C(=O)OC)CC[C@]3(C)C(CCC4[C@@]5(C)CC[C@H](O)[C@@](C)(CO)C5CC[C@]43C)C12. The number of hydrogen-bond acceptors (Lipinski definition) is 8. The molecule has 12 atom stereocenters. The summed E-state index contributed by atoms with van der Waals surface area (Å²) < 4.78 is 9.41. The van der Waals surface area contributed by atoms with Crippen LogP contribution in [0.15, 0.2) is 12.2 Å². The lowest BCUT2D eigenvalue weighted by Gasteiger charge is -2.73. The van der Waals surface area contributed by atoms with Crippen molar-refractivity contribution in [1.29, 1.82) is 0 Å². The number of carbonyl (C=O) groups is 4. The monoisotopic (exact) mass is 672 g/mol. The molecule has 0 aromatic rings. The number of aliphatic hydroxyl groups excluding tert-OH is 2. The molecule has 0 heterocycles. The Morgan fingerprint density at radius 2 is 1.58 bits per heavy atom. The van der Waals surface area contributed by atoms with Crippen LogP contribution >= 0.6 is 0 Å². The van der Waals surface area contributed by atoms with E-state index in [0.29, 0.717) is 11.8 Å². The maximum absolute atomic E-state index is 14.4. The number of carbonyl (C=O) groups excluding carboxylic acids is 4. The predicted octanol–water partition coefficient (Wildman–Crippen LogP) is 4.31. The number of aliphatic hydroxyl groups is 2. The quantitative estimate of drug-likeness (QED) is 0.209. The molecule has 270 valence electrons. The molecule has 4 N–H and O–H groups in total. The summed E-state index contributed by atoms with van der Waals surface area (Å²) in [6.07, 6.45) is 8.26. The molecule has 5 aliphatic rings. The Kier molecular flexibility index (Phi) is 9.98. The first-order valence-electron chi connectivity index (χ1n) is 18.2. The lowest BCUT2D eigenvalue weighted by atomic mass is 9.32. The van der Waals surface area contributed by atoms with E-state index in [-0.39, 0.29) is 59.5 Å². The van der Waals surface area contributed by atoms with Crippen LogP contribution in [0.5, 0.6) is 0 Å². The molecule has 0 aromatic carbocycles. The fraction of sp³-hybridized carbons (Fsp3) is 0.842. The Balaban J connectivity index is 1.39. The highest BCUT2D eigenvalue weighted by molar-refractivity contribution is 5.91. The highest BCUT2D eigenvalue weighted by Gasteiger charge is 2.72. The predicted molar refractivity (Wildman–Crippen MR) is 180 cm³/mol. The van der Waals surface area contributed by atoms with Crippen LogP contribution in [0.4, 0.5) is 0 Å². The van der Waals surface area contributed by atoms with E-state index in [4.69, 9.17) is 4.74 Å². The van der Waals surface area contributed by atoms with Gasteiger partial charge in [-0.15, -0.1) is 0 Å². The van der Waals surface area contributed by atoms with Crippen molar-refractivity contribution in [1.82, 2.24) is 10.6 Å². The summed E-state index contributed by atoms with van der Waals surface area (Å²) in [4.78, 5) is 51.4. The van der Waals surface area contributed by atoms with Crippen molar-refractivity contribution in [3.05, 3.63) is 12.2 Å². The number of amides is 2. The van der Waals surface area contributed by atoms with Gasteiger partial charge in [0.2, 0.25) is 11.8 Å².